The van der Waals surface area contributed by atoms with Crippen molar-refractivity contribution in [1.82, 2.24) is 0 Å². The van der Waals surface area contributed by atoms with E-state index in [4.69, 9.17) is 18.3 Å². The number of unbranched alkanes of at least 4 members (excludes halogenated alkanes) is 1. The summed E-state index contributed by atoms with van der Waals surface area (Å²) in [5.41, 5.74) is 1.01. The molecule has 0 amide bonds. The van der Waals surface area contributed by atoms with Crippen molar-refractivity contribution in [2.75, 3.05) is 19.5 Å². The zero-order chi connectivity index (χ0) is 31.3. The normalized spacial score (nSPS) is 13.6. The molecule has 3 aromatic carbocycles. The molecule has 0 bridgehead atoms. The van der Waals surface area contributed by atoms with Crippen molar-refractivity contribution >= 4 is 25.6 Å². The molecule has 234 valence electrons. The number of hydrogen-bond acceptors (Lipinski definition) is 7. The van der Waals surface area contributed by atoms with Crippen molar-refractivity contribution in [1.29, 1.82) is 0 Å². The molecule has 8 heteroatoms. The van der Waals surface area contributed by atoms with Crippen LogP contribution in [0.25, 0.3) is 0 Å². The lowest BCUT2D eigenvalue weighted by atomic mass is 9.69. The summed E-state index contributed by atoms with van der Waals surface area (Å²) in [6, 6.07) is 28.1. The molecule has 0 N–H and O–H groups in total. The predicted octanol–water partition coefficient (Wildman–Crippen LogP) is 9.96. The number of esters is 1. The van der Waals surface area contributed by atoms with E-state index in [1.165, 1.54) is 5.56 Å². The van der Waals surface area contributed by atoms with Gasteiger partial charge in [-0.2, -0.15) is 11.8 Å². The third-order valence-electron chi connectivity index (χ3n) is 7.63. The number of ether oxygens (including phenoxy) is 1. The minimum absolute atomic E-state index is 0.0660. The van der Waals surface area contributed by atoms with Crippen molar-refractivity contribution in [2.45, 2.75) is 71.0 Å². The van der Waals surface area contributed by atoms with Crippen molar-refractivity contribution in [3.05, 3.63) is 96.6 Å². The summed E-state index contributed by atoms with van der Waals surface area (Å²) < 4.78 is 36.3. The number of carbonyl (C=O) groups excluding carboxylic acids is 1. The van der Waals surface area contributed by atoms with E-state index in [0.29, 0.717) is 30.3 Å². The highest BCUT2D eigenvalue weighted by Crippen LogP contribution is 2.49. The smallest absolute Gasteiger partial charge is 0.465 e. The highest BCUT2D eigenvalue weighted by atomic mass is 32.2. The maximum atomic E-state index is 13.6. The Bertz CT molecular complexity index is 1240. The number of carbonyl (C=O) groups is 1. The van der Waals surface area contributed by atoms with Crippen LogP contribution in [0.4, 0.5) is 0 Å². The molecule has 0 saturated carbocycles. The van der Waals surface area contributed by atoms with Gasteiger partial charge in [0, 0.05) is 4.75 Å². The van der Waals surface area contributed by atoms with Crippen LogP contribution in [-0.4, -0.2) is 30.2 Å². The molecule has 0 saturated heterocycles. The van der Waals surface area contributed by atoms with Gasteiger partial charge in [-0.1, -0.05) is 101 Å². The topological polar surface area (TPSA) is 71.1 Å². The molecule has 2 atom stereocenters. The Labute approximate surface area is 262 Å². The van der Waals surface area contributed by atoms with Gasteiger partial charge in [0.15, 0.2) is 0 Å². The number of rotatable bonds is 18. The molecular formula is C35H47O6PS. The van der Waals surface area contributed by atoms with Gasteiger partial charge in [0.2, 0.25) is 0 Å². The zero-order valence-electron chi connectivity index (χ0n) is 26.4. The van der Waals surface area contributed by atoms with Crippen LogP contribution in [0.2, 0.25) is 0 Å². The van der Waals surface area contributed by atoms with E-state index in [9.17, 15) is 9.36 Å². The van der Waals surface area contributed by atoms with Crippen LogP contribution in [0.15, 0.2) is 91.0 Å². The van der Waals surface area contributed by atoms with E-state index in [1.54, 1.807) is 60.3 Å². The Morgan fingerprint density at radius 3 is 1.77 bits per heavy atom. The SMILES string of the molecule is CSC(C)(C)CC(C(=O)OCCCCOP(=O)(Oc1ccccc1)Oc1ccccc1)C(C)(C)CC(C)c1ccccc1. The first kappa shape index (κ1) is 34.8. The van der Waals surface area contributed by atoms with Crippen LogP contribution in [0.1, 0.15) is 71.8 Å². The first-order valence-corrected chi connectivity index (χ1v) is 17.6. The van der Waals surface area contributed by atoms with Crippen LogP contribution in [0, 0.1) is 11.3 Å². The van der Waals surface area contributed by atoms with Crippen molar-refractivity contribution in [3.63, 3.8) is 0 Å². The first-order valence-electron chi connectivity index (χ1n) is 14.9. The average molecular weight is 627 g/mol. The third-order valence-corrected chi connectivity index (χ3v) is 10.3. The van der Waals surface area contributed by atoms with Gasteiger partial charge in [0.05, 0.1) is 19.1 Å². The molecule has 0 radical (unpaired) electrons. The van der Waals surface area contributed by atoms with Gasteiger partial charge in [-0.25, -0.2) is 4.57 Å². The number of phosphoric acid groups is 1. The number of hydrogen-bond donors (Lipinski definition) is 0. The highest BCUT2D eigenvalue weighted by molar-refractivity contribution is 7.99. The summed E-state index contributed by atoms with van der Waals surface area (Å²) in [6.07, 6.45) is 4.75. The first-order chi connectivity index (χ1) is 20.4. The molecule has 0 fully saturated rings. The van der Waals surface area contributed by atoms with Gasteiger partial charge in [-0.3, -0.25) is 9.32 Å². The van der Waals surface area contributed by atoms with E-state index in [2.05, 4.69) is 65.1 Å². The maximum absolute atomic E-state index is 13.6. The van der Waals surface area contributed by atoms with Gasteiger partial charge >= 0.3 is 13.8 Å². The predicted molar refractivity (Wildman–Crippen MR) is 177 cm³/mol. The number of benzene rings is 3. The lowest BCUT2D eigenvalue weighted by Crippen LogP contribution is -2.38. The van der Waals surface area contributed by atoms with Crippen molar-refractivity contribution in [3.8, 4) is 11.5 Å². The Morgan fingerprint density at radius 1 is 0.767 bits per heavy atom. The molecule has 43 heavy (non-hydrogen) atoms. The molecule has 6 nitrogen and oxygen atoms in total. The molecule has 3 rings (SSSR count). The molecule has 0 aliphatic rings. The zero-order valence-corrected chi connectivity index (χ0v) is 28.1. The van der Waals surface area contributed by atoms with Crippen LogP contribution in [-0.2, 0) is 18.6 Å². The molecule has 2 unspecified atom stereocenters. The Balaban J connectivity index is 1.56. The quantitative estimate of drug-likeness (QED) is 0.0790. The van der Waals surface area contributed by atoms with Crippen LogP contribution in [0.3, 0.4) is 0 Å². The maximum Gasteiger partial charge on any atom is 0.587 e. The second-order valence-electron chi connectivity index (χ2n) is 12.2. The lowest BCUT2D eigenvalue weighted by molar-refractivity contribution is -0.154. The molecule has 0 aliphatic carbocycles. The van der Waals surface area contributed by atoms with E-state index >= 15 is 0 Å². The summed E-state index contributed by atoms with van der Waals surface area (Å²) >= 11 is 1.77. The van der Waals surface area contributed by atoms with E-state index < -0.39 is 7.82 Å². The fraction of sp³-hybridized carbons (Fsp3) is 0.457. The summed E-state index contributed by atoms with van der Waals surface area (Å²) in [5, 5.41) is 0. The van der Waals surface area contributed by atoms with Crippen LogP contribution in [0.5, 0.6) is 11.5 Å². The fourth-order valence-electron chi connectivity index (χ4n) is 5.03. The van der Waals surface area contributed by atoms with Gasteiger partial charge in [0.1, 0.15) is 11.5 Å². The van der Waals surface area contributed by atoms with Crippen LogP contribution >= 0.6 is 19.6 Å². The van der Waals surface area contributed by atoms with E-state index in [1.807, 2.05) is 18.2 Å². The number of phosphoric ester groups is 1. The molecule has 0 heterocycles. The summed E-state index contributed by atoms with van der Waals surface area (Å²) in [4.78, 5) is 13.6. The standard InChI is InChI=1S/C35H47O6PS/c1-28(29-18-10-7-11-19-29)26-34(2,3)32(27-35(4,5)43-6)33(36)38-24-16-17-25-39-42(37,40-30-20-12-8-13-21-30)41-31-22-14-9-15-23-31/h7-15,18-23,28,32H,16-17,24-27H2,1-6H3. The second kappa shape index (κ2) is 16.4. The fourth-order valence-corrected chi connectivity index (χ4v) is 6.62. The van der Waals surface area contributed by atoms with Crippen molar-refractivity contribution in [2.24, 2.45) is 11.3 Å². The number of para-hydroxylation sites is 2. The van der Waals surface area contributed by atoms with Crippen LogP contribution < -0.4 is 9.05 Å². The molecule has 3 aromatic rings. The lowest BCUT2D eigenvalue weighted by Gasteiger charge is -2.39. The molecular weight excluding hydrogens is 579 g/mol. The molecule has 0 spiro atoms. The Hall–Kier alpha value is -2.73. The third kappa shape index (κ3) is 11.7. The highest BCUT2D eigenvalue weighted by Gasteiger charge is 2.41. The Morgan fingerprint density at radius 2 is 1.26 bits per heavy atom. The molecule has 0 aromatic heterocycles. The minimum Gasteiger partial charge on any atom is -0.465 e. The monoisotopic (exact) mass is 626 g/mol. The van der Waals surface area contributed by atoms with E-state index in [0.717, 1.165) is 12.8 Å². The molecule has 0 aliphatic heterocycles. The van der Waals surface area contributed by atoms with Gasteiger partial charge in [-0.05, 0) is 73.1 Å². The van der Waals surface area contributed by atoms with Gasteiger partial charge in [-0.15, -0.1) is 0 Å². The number of thioether (sulfide) groups is 1. The van der Waals surface area contributed by atoms with Gasteiger partial charge in [0.25, 0.3) is 0 Å². The summed E-state index contributed by atoms with van der Waals surface area (Å²) in [5.74, 6) is 0.668. The second-order valence-corrected chi connectivity index (χ2v) is 15.2. The van der Waals surface area contributed by atoms with Crippen molar-refractivity contribution < 1.29 is 27.7 Å². The average Bonchev–Trinajstić information content (AvgIpc) is 2.98. The van der Waals surface area contributed by atoms with E-state index in [-0.39, 0.29) is 35.3 Å². The van der Waals surface area contributed by atoms with Gasteiger partial charge < -0.3 is 13.8 Å². The Kier molecular flexibility index (Phi) is 13.2. The minimum atomic E-state index is -3.95. The summed E-state index contributed by atoms with van der Waals surface area (Å²) in [6.45, 7) is 11.3. The largest absolute Gasteiger partial charge is 0.587 e. The summed E-state index contributed by atoms with van der Waals surface area (Å²) in [7, 11) is -3.95.